The minimum absolute atomic E-state index is 0.0552. The molecule has 1 aliphatic rings. The smallest absolute Gasteiger partial charge is 0.408 e. The summed E-state index contributed by atoms with van der Waals surface area (Å²) in [7, 11) is 0. The highest BCUT2D eigenvalue weighted by Crippen LogP contribution is 2.11. The van der Waals surface area contributed by atoms with E-state index in [-0.39, 0.29) is 18.2 Å². The molecule has 15 heavy (non-hydrogen) atoms. The number of nitrogens with two attached hydrogens (primary N) is 1. The van der Waals surface area contributed by atoms with Crippen molar-refractivity contribution in [2.75, 3.05) is 0 Å². The summed E-state index contributed by atoms with van der Waals surface area (Å²) in [4.78, 5) is 11.4. The fraction of sp³-hybridized carbons (Fsp3) is 0.727. The van der Waals surface area contributed by atoms with Crippen molar-refractivity contribution in [3.8, 4) is 0 Å². The average molecular weight is 212 g/mol. The minimum Gasteiger partial charge on any atom is -0.444 e. The van der Waals surface area contributed by atoms with Crippen molar-refractivity contribution in [3.05, 3.63) is 12.2 Å². The first kappa shape index (κ1) is 12.0. The number of ether oxygens (including phenoxy) is 1. The van der Waals surface area contributed by atoms with Crippen LogP contribution in [0.4, 0.5) is 4.79 Å². The van der Waals surface area contributed by atoms with E-state index in [0.29, 0.717) is 0 Å². The highest BCUT2D eigenvalue weighted by Gasteiger charge is 2.20. The molecule has 0 saturated carbocycles. The van der Waals surface area contributed by atoms with Gasteiger partial charge in [-0.1, -0.05) is 12.2 Å². The SMILES string of the molecule is CC(C)(C)OC(=O)N[C@H]1C=C[C@H](N)CC1. The Kier molecular flexibility index (Phi) is 3.74. The summed E-state index contributed by atoms with van der Waals surface area (Å²) in [6.07, 6.45) is 5.25. The first-order valence-corrected chi connectivity index (χ1v) is 5.30. The largest absolute Gasteiger partial charge is 0.444 e. The maximum atomic E-state index is 11.4. The van der Waals surface area contributed by atoms with Gasteiger partial charge in [-0.2, -0.15) is 0 Å². The van der Waals surface area contributed by atoms with Crippen LogP contribution in [0.3, 0.4) is 0 Å². The number of nitrogens with one attached hydrogen (secondary N) is 1. The topological polar surface area (TPSA) is 64.3 Å². The molecule has 2 atom stereocenters. The molecule has 0 radical (unpaired) electrons. The number of alkyl carbamates (subject to hydrolysis) is 1. The number of hydrogen-bond donors (Lipinski definition) is 2. The Balaban J connectivity index is 2.36. The third kappa shape index (κ3) is 4.83. The van der Waals surface area contributed by atoms with Gasteiger partial charge in [0.05, 0.1) is 6.04 Å². The molecule has 86 valence electrons. The number of hydrogen-bond acceptors (Lipinski definition) is 3. The van der Waals surface area contributed by atoms with Gasteiger partial charge in [0.1, 0.15) is 5.60 Å². The van der Waals surface area contributed by atoms with Crippen LogP contribution in [-0.4, -0.2) is 23.8 Å². The zero-order valence-electron chi connectivity index (χ0n) is 9.62. The summed E-state index contributed by atoms with van der Waals surface area (Å²) in [6.45, 7) is 5.54. The first-order chi connectivity index (χ1) is 6.87. The van der Waals surface area contributed by atoms with E-state index in [0.717, 1.165) is 12.8 Å². The molecule has 4 nitrogen and oxygen atoms in total. The van der Waals surface area contributed by atoms with E-state index in [4.69, 9.17) is 10.5 Å². The maximum absolute atomic E-state index is 11.4. The van der Waals surface area contributed by atoms with Gasteiger partial charge < -0.3 is 15.8 Å². The van der Waals surface area contributed by atoms with E-state index in [1.807, 2.05) is 32.9 Å². The molecule has 0 aromatic carbocycles. The van der Waals surface area contributed by atoms with Crippen LogP contribution in [-0.2, 0) is 4.74 Å². The van der Waals surface area contributed by atoms with Crippen molar-refractivity contribution in [1.82, 2.24) is 5.32 Å². The predicted molar refractivity (Wildman–Crippen MR) is 59.5 cm³/mol. The van der Waals surface area contributed by atoms with Crippen molar-refractivity contribution in [2.24, 2.45) is 5.73 Å². The number of amides is 1. The Labute approximate surface area is 90.9 Å². The fourth-order valence-corrected chi connectivity index (χ4v) is 1.42. The third-order valence-electron chi connectivity index (χ3n) is 2.10. The molecule has 0 fully saturated rings. The molecule has 0 unspecified atom stereocenters. The van der Waals surface area contributed by atoms with Crippen LogP contribution in [0.5, 0.6) is 0 Å². The van der Waals surface area contributed by atoms with E-state index in [9.17, 15) is 4.79 Å². The summed E-state index contributed by atoms with van der Waals surface area (Å²) in [5.41, 5.74) is 5.25. The van der Waals surface area contributed by atoms with Gasteiger partial charge in [-0.15, -0.1) is 0 Å². The lowest BCUT2D eigenvalue weighted by Crippen LogP contribution is -2.40. The molecule has 3 N–H and O–H groups in total. The van der Waals surface area contributed by atoms with Gasteiger partial charge in [0.15, 0.2) is 0 Å². The van der Waals surface area contributed by atoms with Gasteiger partial charge in [-0.25, -0.2) is 4.79 Å². The van der Waals surface area contributed by atoms with E-state index in [1.54, 1.807) is 0 Å². The van der Waals surface area contributed by atoms with Crippen LogP contribution >= 0.6 is 0 Å². The predicted octanol–water partition coefficient (Wildman–Crippen LogP) is 1.56. The van der Waals surface area contributed by atoms with Crippen LogP contribution in [0.25, 0.3) is 0 Å². The summed E-state index contributed by atoms with van der Waals surface area (Å²) in [5.74, 6) is 0. The average Bonchev–Trinajstić information content (AvgIpc) is 2.05. The highest BCUT2D eigenvalue weighted by atomic mass is 16.6. The second-order valence-corrected chi connectivity index (χ2v) is 4.88. The molecule has 1 aliphatic carbocycles. The molecule has 0 bridgehead atoms. The third-order valence-corrected chi connectivity index (χ3v) is 2.10. The van der Waals surface area contributed by atoms with Crippen molar-refractivity contribution < 1.29 is 9.53 Å². The second-order valence-electron chi connectivity index (χ2n) is 4.88. The fourth-order valence-electron chi connectivity index (χ4n) is 1.42. The normalized spacial score (nSPS) is 26.1. The quantitative estimate of drug-likeness (QED) is 0.648. The van der Waals surface area contributed by atoms with Gasteiger partial charge in [-0.05, 0) is 33.6 Å². The zero-order valence-corrected chi connectivity index (χ0v) is 9.62. The Morgan fingerprint density at radius 3 is 2.53 bits per heavy atom. The minimum atomic E-state index is -0.446. The highest BCUT2D eigenvalue weighted by molar-refractivity contribution is 5.68. The van der Waals surface area contributed by atoms with E-state index in [1.165, 1.54) is 0 Å². The van der Waals surface area contributed by atoms with Crippen LogP contribution in [0, 0.1) is 0 Å². The van der Waals surface area contributed by atoms with Crippen LogP contribution < -0.4 is 11.1 Å². The molecule has 0 aromatic rings. The Bertz CT molecular complexity index is 256. The standard InChI is InChI=1S/C11H20N2O2/c1-11(2,3)15-10(14)13-9-6-4-8(12)5-7-9/h4,6,8-9H,5,7,12H2,1-3H3,(H,13,14)/t8-,9-/m0/s1. The maximum Gasteiger partial charge on any atom is 0.408 e. The summed E-state index contributed by atoms with van der Waals surface area (Å²) < 4.78 is 5.15. The van der Waals surface area contributed by atoms with Gasteiger partial charge in [0, 0.05) is 6.04 Å². The van der Waals surface area contributed by atoms with Gasteiger partial charge in [-0.3, -0.25) is 0 Å². The van der Waals surface area contributed by atoms with Crippen molar-refractivity contribution in [1.29, 1.82) is 0 Å². The van der Waals surface area contributed by atoms with E-state index in [2.05, 4.69) is 5.32 Å². The molecular formula is C11H20N2O2. The first-order valence-electron chi connectivity index (χ1n) is 5.30. The molecule has 0 aliphatic heterocycles. The van der Waals surface area contributed by atoms with Crippen molar-refractivity contribution >= 4 is 6.09 Å². The Hall–Kier alpha value is -1.03. The van der Waals surface area contributed by atoms with Crippen molar-refractivity contribution in [2.45, 2.75) is 51.3 Å². The Morgan fingerprint density at radius 1 is 1.40 bits per heavy atom. The molecular weight excluding hydrogens is 192 g/mol. The lowest BCUT2D eigenvalue weighted by molar-refractivity contribution is 0.0511. The zero-order chi connectivity index (χ0) is 11.5. The molecule has 0 heterocycles. The van der Waals surface area contributed by atoms with E-state index >= 15 is 0 Å². The van der Waals surface area contributed by atoms with Crippen LogP contribution in [0.2, 0.25) is 0 Å². The van der Waals surface area contributed by atoms with Gasteiger partial charge >= 0.3 is 6.09 Å². The summed E-state index contributed by atoms with van der Waals surface area (Å²) in [5, 5.41) is 2.79. The van der Waals surface area contributed by atoms with Crippen LogP contribution in [0.15, 0.2) is 12.2 Å². The van der Waals surface area contributed by atoms with Gasteiger partial charge in [0.2, 0.25) is 0 Å². The van der Waals surface area contributed by atoms with E-state index < -0.39 is 5.60 Å². The number of carbonyl (C=O) groups is 1. The monoisotopic (exact) mass is 212 g/mol. The summed E-state index contributed by atoms with van der Waals surface area (Å²) in [6, 6.07) is 0.182. The molecule has 1 amide bonds. The summed E-state index contributed by atoms with van der Waals surface area (Å²) >= 11 is 0. The number of rotatable bonds is 1. The van der Waals surface area contributed by atoms with Crippen molar-refractivity contribution in [3.63, 3.8) is 0 Å². The Morgan fingerprint density at radius 2 is 2.07 bits per heavy atom. The molecule has 4 heteroatoms. The number of carbonyl (C=O) groups excluding carboxylic acids is 1. The van der Waals surface area contributed by atoms with Crippen LogP contribution in [0.1, 0.15) is 33.6 Å². The molecule has 0 aromatic heterocycles. The molecule has 0 saturated heterocycles. The second kappa shape index (κ2) is 4.66. The molecule has 0 spiro atoms. The van der Waals surface area contributed by atoms with Gasteiger partial charge in [0.25, 0.3) is 0 Å². The lowest BCUT2D eigenvalue weighted by Gasteiger charge is -2.24. The molecule has 1 rings (SSSR count). The lowest BCUT2D eigenvalue weighted by atomic mass is 9.99.